The van der Waals surface area contributed by atoms with E-state index in [2.05, 4.69) is 16.9 Å². The highest BCUT2D eigenvalue weighted by Crippen LogP contribution is 2.42. The second-order valence-corrected chi connectivity index (χ2v) is 11.1. The normalized spacial score (nSPS) is 15.3. The number of anilines is 1. The maximum absolute atomic E-state index is 13.3. The third-order valence-corrected chi connectivity index (χ3v) is 8.07. The summed E-state index contributed by atoms with van der Waals surface area (Å²) in [6.45, 7) is 0. The van der Waals surface area contributed by atoms with Gasteiger partial charge in [0.1, 0.15) is 6.04 Å². The van der Waals surface area contributed by atoms with Crippen molar-refractivity contribution in [3.8, 4) is 0 Å². The summed E-state index contributed by atoms with van der Waals surface area (Å²) in [6.07, 6.45) is 8.68. The minimum atomic E-state index is -1.07. The number of amides is 2. The van der Waals surface area contributed by atoms with Crippen LogP contribution in [0.15, 0.2) is 42.5 Å². The van der Waals surface area contributed by atoms with Gasteiger partial charge in [0.05, 0.1) is 15.6 Å². The largest absolute Gasteiger partial charge is 0.480 e. The number of nitrogens with one attached hydrogen (secondary N) is 2. The average molecular weight is 552 g/mol. The number of aliphatic carboxylic acids is 1. The van der Waals surface area contributed by atoms with Gasteiger partial charge in [-0.05, 0) is 67.5 Å². The number of hydrogen-bond donors (Lipinski definition) is 3. The summed E-state index contributed by atoms with van der Waals surface area (Å²) in [5.41, 5.74) is 0.982. The number of unbranched alkanes of at least 4 members (excludes halogenated alkanes) is 1. The van der Waals surface area contributed by atoms with Crippen LogP contribution in [-0.4, -0.2) is 40.9 Å². The molecule has 0 radical (unpaired) electrons. The third kappa shape index (κ3) is 7.40. The second-order valence-electron chi connectivity index (χ2n) is 9.25. The van der Waals surface area contributed by atoms with Gasteiger partial charge in [-0.25, -0.2) is 4.79 Å². The van der Waals surface area contributed by atoms with Crippen LogP contribution in [-0.2, 0) is 16.0 Å². The maximum Gasteiger partial charge on any atom is 0.326 e. The minimum absolute atomic E-state index is 0.142. The molecule has 0 spiro atoms. The van der Waals surface area contributed by atoms with E-state index in [1.807, 2.05) is 0 Å². The molecule has 0 aliphatic heterocycles. The lowest BCUT2D eigenvalue weighted by Crippen LogP contribution is -2.48. The van der Waals surface area contributed by atoms with Crippen LogP contribution in [0.2, 0.25) is 10.0 Å². The fraction of sp³-hybridized carbons (Fsp3) is 0.444. The Kier molecular flexibility index (Phi) is 10.5. The van der Waals surface area contributed by atoms with Crippen molar-refractivity contribution in [3.05, 3.63) is 63.6 Å². The molecule has 0 heterocycles. The van der Waals surface area contributed by atoms with E-state index in [0.29, 0.717) is 5.69 Å². The summed E-state index contributed by atoms with van der Waals surface area (Å²) < 4.78 is 0. The molecule has 1 aliphatic rings. The van der Waals surface area contributed by atoms with Crippen molar-refractivity contribution >= 4 is 58.4 Å². The van der Waals surface area contributed by atoms with Gasteiger partial charge in [-0.3, -0.25) is 9.59 Å². The highest BCUT2D eigenvalue weighted by atomic mass is 35.5. The third-order valence-electron chi connectivity index (χ3n) is 6.74. The first kappa shape index (κ1) is 28.4. The van der Waals surface area contributed by atoms with Crippen LogP contribution >= 0.6 is 35.0 Å². The monoisotopic (exact) mass is 550 g/mol. The van der Waals surface area contributed by atoms with Crippen molar-refractivity contribution in [2.75, 3.05) is 17.3 Å². The van der Waals surface area contributed by atoms with Crippen LogP contribution < -0.4 is 10.6 Å². The average Bonchev–Trinajstić information content (AvgIpc) is 3.32. The predicted octanol–water partition coefficient (Wildman–Crippen LogP) is 6.45. The van der Waals surface area contributed by atoms with E-state index in [-0.39, 0.29) is 27.9 Å². The van der Waals surface area contributed by atoms with Gasteiger partial charge in [-0.2, -0.15) is 11.8 Å². The quantitative estimate of drug-likeness (QED) is 0.264. The van der Waals surface area contributed by atoms with Gasteiger partial charge in [-0.15, -0.1) is 0 Å². The van der Waals surface area contributed by atoms with E-state index in [1.165, 1.54) is 0 Å². The van der Waals surface area contributed by atoms with Crippen molar-refractivity contribution in [2.45, 2.75) is 57.4 Å². The fourth-order valence-electron chi connectivity index (χ4n) is 4.73. The molecule has 1 saturated carbocycles. The van der Waals surface area contributed by atoms with Crippen LogP contribution in [0.5, 0.6) is 0 Å². The first-order chi connectivity index (χ1) is 17.3. The molecule has 0 aromatic heterocycles. The van der Waals surface area contributed by atoms with Crippen molar-refractivity contribution in [3.63, 3.8) is 0 Å². The highest BCUT2D eigenvalue weighted by Gasteiger charge is 2.41. The molecule has 2 aromatic carbocycles. The van der Waals surface area contributed by atoms with Crippen LogP contribution in [0.25, 0.3) is 0 Å². The zero-order valence-electron chi connectivity index (χ0n) is 20.3. The number of thioether (sulfide) groups is 1. The number of carbonyl (C=O) groups excluding carboxylic acids is 2. The smallest absolute Gasteiger partial charge is 0.326 e. The van der Waals surface area contributed by atoms with Gasteiger partial charge in [0, 0.05) is 17.5 Å². The van der Waals surface area contributed by atoms with E-state index in [0.717, 1.165) is 56.3 Å². The number of rotatable bonds is 12. The van der Waals surface area contributed by atoms with Gasteiger partial charge in [0.25, 0.3) is 5.91 Å². The predicted molar refractivity (Wildman–Crippen MR) is 147 cm³/mol. The molecule has 3 N–H and O–H groups in total. The first-order valence-electron chi connectivity index (χ1n) is 12.1. The lowest BCUT2D eigenvalue weighted by molar-refractivity contribution is -0.144. The molecule has 0 saturated heterocycles. The molecule has 1 aliphatic carbocycles. The molecule has 9 heteroatoms. The zero-order chi connectivity index (χ0) is 26.1. The molecule has 2 amide bonds. The minimum Gasteiger partial charge on any atom is -0.480 e. The number of benzene rings is 2. The summed E-state index contributed by atoms with van der Waals surface area (Å²) in [4.78, 5) is 37.8. The Bertz CT molecular complexity index is 1050. The fourth-order valence-corrected chi connectivity index (χ4v) is 5.79. The second kappa shape index (κ2) is 13.4. The van der Waals surface area contributed by atoms with Gasteiger partial charge >= 0.3 is 5.97 Å². The van der Waals surface area contributed by atoms with Gasteiger partial charge < -0.3 is 15.7 Å². The Balaban J connectivity index is 1.63. The van der Waals surface area contributed by atoms with Crippen molar-refractivity contribution in [1.82, 2.24) is 5.32 Å². The Morgan fingerprint density at radius 3 is 2.25 bits per heavy atom. The topological polar surface area (TPSA) is 95.5 Å². The molecule has 6 nitrogen and oxygen atoms in total. The molecule has 3 rings (SSSR count). The lowest BCUT2D eigenvalue weighted by Gasteiger charge is -2.29. The number of carboxylic acids is 1. The molecular weight excluding hydrogens is 519 g/mol. The van der Waals surface area contributed by atoms with Crippen molar-refractivity contribution in [2.24, 2.45) is 5.41 Å². The summed E-state index contributed by atoms with van der Waals surface area (Å²) in [5.74, 6) is -0.577. The first-order valence-corrected chi connectivity index (χ1v) is 14.3. The van der Waals surface area contributed by atoms with Gasteiger partial charge in [0.2, 0.25) is 5.91 Å². The van der Waals surface area contributed by atoms with E-state index >= 15 is 0 Å². The van der Waals surface area contributed by atoms with Crippen LogP contribution in [0, 0.1) is 5.41 Å². The molecule has 0 unspecified atom stereocenters. The van der Waals surface area contributed by atoms with E-state index in [4.69, 9.17) is 23.2 Å². The number of halogens is 2. The molecule has 1 atom stereocenters. The SMILES string of the molecule is CSCCCCC1(C(=O)N[C@@H](Cc2ccc(NC(=O)c3c(Cl)cccc3Cl)cc2)C(=O)O)CCCC1. The Hall–Kier alpha value is -2.22. The summed E-state index contributed by atoms with van der Waals surface area (Å²) in [5, 5.41) is 15.9. The Labute approximate surface area is 226 Å². The lowest BCUT2D eigenvalue weighted by atomic mass is 9.80. The number of carboxylic acid groups (broad SMARTS) is 1. The van der Waals surface area contributed by atoms with Crippen molar-refractivity contribution in [1.29, 1.82) is 0 Å². The maximum atomic E-state index is 13.3. The Morgan fingerprint density at radius 1 is 1.03 bits per heavy atom. The molecular formula is C27H32Cl2N2O4S. The van der Waals surface area contributed by atoms with E-state index in [9.17, 15) is 19.5 Å². The van der Waals surface area contributed by atoms with Crippen LogP contribution in [0.3, 0.4) is 0 Å². The van der Waals surface area contributed by atoms with E-state index in [1.54, 1.807) is 54.2 Å². The number of hydrogen-bond acceptors (Lipinski definition) is 4. The molecule has 36 heavy (non-hydrogen) atoms. The number of carbonyl (C=O) groups is 3. The standard InChI is InChI=1S/C27H32Cl2N2O4S/c1-36-16-5-4-15-27(13-2-3-14-27)26(35)31-22(25(33)34)17-18-9-11-19(12-10-18)30-24(32)23-20(28)7-6-8-21(23)29/h6-12,22H,2-5,13-17H2,1H3,(H,30,32)(H,31,35)(H,33,34)/t22-/m0/s1. The zero-order valence-corrected chi connectivity index (χ0v) is 22.6. The van der Waals surface area contributed by atoms with Crippen LogP contribution in [0.4, 0.5) is 5.69 Å². The van der Waals surface area contributed by atoms with E-state index < -0.39 is 23.3 Å². The highest BCUT2D eigenvalue weighted by molar-refractivity contribution is 7.98. The molecule has 1 fully saturated rings. The Morgan fingerprint density at radius 2 is 1.67 bits per heavy atom. The molecule has 194 valence electrons. The summed E-state index contributed by atoms with van der Waals surface area (Å²) >= 11 is 14.0. The van der Waals surface area contributed by atoms with Crippen LogP contribution in [0.1, 0.15) is 60.9 Å². The summed E-state index contributed by atoms with van der Waals surface area (Å²) in [6, 6.07) is 10.7. The molecule has 0 bridgehead atoms. The molecule has 2 aromatic rings. The van der Waals surface area contributed by atoms with Gasteiger partial charge in [-0.1, -0.05) is 60.7 Å². The summed E-state index contributed by atoms with van der Waals surface area (Å²) in [7, 11) is 0. The van der Waals surface area contributed by atoms with Gasteiger partial charge in [0.15, 0.2) is 0 Å². The van der Waals surface area contributed by atoms with Crippen molar-refractivity contribution < 1.29 is 19.5 Å².